The normalized spacial score (nSPS) is 17.9. The largest absolute Gasteiger partial charge is 0.465 e. The molecule has 0 saturated heterocycles. The number of esters is 1. The monoisotopic (exact) mass is 385 g/mol. The topological polar surface area (TPSA) is 63.7 Å². The average Bonchev–Trinajstić information content (AvgIpc) is 3.28. The van der Waals surface area contributed by atoms with Crippen molar-refractivity contribution in [2.24, 2.45) is 0 Å². The summed E-state index contributed by atoms with van der Waals surface area (Å²) in [7, 11) is -2.19. The summed E-state index contributed by atoms with van der Waals surface area (Å²) in [5.41, 5.74) is 3.04. The highest BCUT2D eigenvalue weighted by Crippen LogP contribution is 2.51. The van der Waals surface area contributed by atoms with Crippen LogP contribution in [0.5, 0.6) is 0 Å². The van der Waals surface area contributed by atoms with Gasteiger partial charge in [-0.15, -0.1) is 0 Å². The maximum absolute atomic E-state index is 13.2. The number of ether oxygens (including phenoxy) is 1. The quantitative estimate of drug-likeness (QED) is 0.754. The van der Waals surface area contributed by atoms with Crippen LogP contribution in [0, 0.1) is 0 Å². The molecule has 5 nitrogen and oxygen atoms in total. The molecule has 1 spiro atoms. The van der Waals surface area contributed by atoms with Gasteiger partial charge >= 0.3 is 5.97 Å². The number of carbonyl (C=O) groups excluding carboxylic acids is 1. The lowest BCUT2D eigenvalue weighted by Crippen LogP contribution is -2.36. The molecule has 6 heteroatoms. The zero-order valence-electron chi connectivity index (χ0n) is 15.3. The zero-order valence-corrected chi connectivity index (χ0v) is 16.2. The van der Waals surface area contributed by atoms with Gasteiger partial charge in [0, 0.05) is 12.0 Å². The van der Waals surface area contributed by atoms with Crippen molar-refractivity contribution in [2.45, 2.75) is 36.9 Å². The van der Waals surface area contributed by atoms with Crippen molar-refractivity contribution < 1.29 is 17.9 Å². The smallest absolute Gasteiger partial charge is 0.337 e. The molecule has 2 aromatic carbocycles. The van der Waals surface area contributed by atoms with E-state index in [2.05, 4.69) is 10.8 Å². The van der Waals surface area contributed by atoms with Crippen LogP contribution in [0.3, 0.4) is 0 Å². The third kappa shape index (κ3) is 3.12. The average molecular weight is 385 g/mol. The first-order valence-corrected chi connectivity index (χ1v) is 10.8. The van der Waals surface area contributed by atoms with E-state index < -0.39 is 16.0 Å². The molecule has 2 aromatic rings. The molecule has 0 radical (unpaired) electrons. The van der Waals surface area contributed by atoms with E-state index in [0.717, 1.165) is 31.4 Å². The highest BCUT2D eigenvalue weighted by atomic mass is 32.2. The molecule has 0 bridgehead atoms. The van der Waals surface area contributed by atoms with Crippen LogP contribution < -0.4 is 4.31 Å². The third-order valence-electron chi connectivity index (χ3n) is 5.81. The molecule has 27 heavy (non-hydrogen) atoms. The van der Waals surface area contributed by atoms with Gasteiger partial charge in [0.15, 0.2) is 0 Å². The number of hydrogen-bond donors (Lipinski definition) is 0. The molecule has 0 aromatic heterocycles. The summed E-state index contributed by atoms with van der Waals surface area (Å²) in [5.74, 6) is -0.514. The minimum atomic E-state index is -3.51. The van der Waals surface area contributed by atoms with Crippen LogP contribution in [0.25, 0.3) is 0 Å². The first-order valence-electron chi connectivity index (χ1n) is 9.22. The first-order chi connectivity index (χ1) is 13.0. The van der Waals surface area contributed by atoms with Gasteiger partial charge < -0.3 is 4.74 Å². The highest BCUT2D eigenvalue weighted by molar-refractivity contribution is 7.92. The minimum absolute atomic E-state index is 0.0294. The number of benzene rings is 2. The molecule has 2 aliphatic rings. The maximum atomic E-state index is 13.2. The van der Waals surface area contributed by atoms with E-state index in [9.17, 15) is 13.2 Å². The number of fused-ring (bicyclic) bond motifs is 2. The van der Waals surface area contributed by atoms with Crippen molar-refractivity contribution in [3.05, 3.63) is 65.2 Å². The molecule has 142 valence electrons. The molecule has 0 N–H and O–H groups in total. The fraction of sp³-hybridized carbons (Fsp3) is 0.381. The van der Waals surface area contributed by atoms with Crippen LogP contribution in [-0.4, -0.2) is 28.0 Å². The van der Waals surface area contributed by atoms with Gasteiger partial charge in [-0.1, -0.05) is 43.2 Å². The van der Waals surface area contributed by atoms with Crippen molar-refractivity contribution in [3.63, 3.8) is 0 Å². The third-order valence-corrected chi connectivity index (χ3v) is 7.51. The van der Waals surface area contributed by atoms with E-state index in [4.69, 9.17) is 0 Å². The summed E-state index contributed by atoms with van der Waals surface area (Å²) in [6, 6.07) is 14.5. The van der Waals surface area contributed by atoms with Gasteiger partial charge in [0.05, 0.1) is 24.1 Å². The number of rotatable bonds is 4. The second kappa shape index (κ2) is 6.68. The van der Waals surface area contributed by atoms with Crippen molar-refractivity contribution in [3.8, 4) is 0 Å². The molecule has 1 aliphatic heterocycles. The van der Waals surface area contributed by atoms with Crippen LogP contribution in [0.2, 0.25) is 0 Å². The zero-order chi connectivity index (χ0) is 19.1. The fourth-order valence-corrected chi connectivity index (χ4v) is 6.13. The van der Waals surface area contributed by atoms with Crippen LogP contribution in [0.4, 0.5) is 5.69 Å². The predicted octanol–water partition coefficient (Wildman–Crippen LogP) is 3.64. The van der Waals surface area contributed by atoms with Crippen molar-refractivity contribution in [1.29, 1.82) is 0 Å². The van der Waals surface area contributed by atoms with E-state index in [-0.39, 0.29) is 11.2 Å². The molecule has 1 fully saturated rings. The predicted molar refractivity (Wildman–Crippen MR) is 104 cm³/mol. The molecule has 0 amide bonds. The molecular formula is C21H23NO4S. The number of anilines is 1. The van der Waals surface area contributed by atoms with Crippen LogP contribution in [0.1, 0.15) is 47.2 Å². The van der Waals surface area contributed by atoms with E-state index in [1.807, 2.05) is 18.2 Å². The Morgan fingerprint density at radius 1 is 1.07 bits per heavy atom. The van der Waals surface area contributed by atoms with Gasteiger partial charge in [0.25, 0.3) is 0 Å². The molecule has 1 saturated carbocycles. The number of nitrogens with zero attached hydrogens (tertiary/aromatic N) is 1. The van der Waals surface area contributed by atoms with E-state index in [1.54, 1.807) is 28.6 Å². The summed E-state index contributed by atoms with van der Waals surface area (Å²) in [4.78, 5) is 11.6. The van der Waals surface area contributed by atoms with Crippen LogP contribution in [0.15, 0.2) is 48.5 Å². The Hall–Kier alpha value is -2.34. The summed E-state index contributed by atoms with van der Waals surface area (Å²) in [6.07, 6.45) is 4.39. The van der Waals surface area contributed by atoms with Crippen molar-refractivity contribution in [1.82, 2.24) is 0 Å². The molecular weight excluding hydrogens is 362 g/mol. The van der Waals surface area contributed by atoms with Crippen LogP contribution >= 0.6 is 0 Å². The number of hydrogen-bond acceptors (Lipinski definition) is 4. The van der Waals surface area contributed by atoms with Gasteiger partial charge in [0.2, 0.25) is 10.0 Å². The second-order valence-electron chi connectivity index (χ2n) is 7.46. The van der Waals surface area contributed by atoms with E-state index in [0.29, 0.717) is 17.7 Å². The van der Waals surface area contributed by atoms with Gasteiger partial charge in [-0.05, 0) is 42.2 Å². The number of para-hydroxylation sites is 1. The lowest BCUT2D eigenvalue weighted by Gasteiger charge is -2.25. The summed E-state index contributed by atoms with van der Waals surface area (Å²) < 4.78 is 32.7. The lowest BCUT2D eigenvalue weighted by molar-refractivity contribution is 0.0600. The molecule has 0 unspecified atom stereocenters. The Morgan fingerprint density at radius 3 is 2.41 bits per heavy atom. The Kier molecular flexibility index (Phi) is 4.46. The maximum Gasteiger partial charge on any atom is 0.337 e. The lowest BCUT2D eigenvalue weighted by atomic mass is 9.81. The summed E-state index contributed by atoms with van der Waals surface area (Å²) in [5, 5.41) is 0. The molecule has 1 aliphatic carbocycles. The van der Waals surface area contributed by atoms with Gasteiger partial charge in [-0.2, -0.15) is 0 Å². The van der Waals surface area contributed by atoms with Gasteiger partial charge in [-0.3, -0.25) is 4.31 Å². The Labute approximate surface area is 160 Å². The summed E-state index contributed by atoms with van der Waals surface area (Å²) >= 11 is 0. The van der Waals surface area contributed by atoms with Crippen molar-refractivity contribution >= 4 is 21.7 Å². The minimum Gasteiger partial charge on any atom is -0.465 e. The summed E-state index contributed by atoms with van der Waals surface area (Å²) in [6.45, 7) is 0.537. The second-order valence-corrected chi connectivity index (χ2v) is 9.35. The highest BCUT2D eigenvalue weighted by Gasteiger charge is 2.47. The van der Waals surface area contributed by atoms with E-state index >= 15 is 0 Å². The molecule has 0 atom stereocenters. The van der Waals surface area contributed by atoms with Crippen molar-refractivity contribution in [2.75, 3.05) is 18.0 Å². The molecule has 4 rings (SSSR count). The Morgan fingerprint density at radius 2 is 1.74 bits per heavy atom. The van der Waals surface area contributed by atoms with E-state index in [1.165, 1.54) is 12.7 Å². The van der Waals surface area contributed by atoms with Crippen LogP contribution in [-0.2, 0) is 25.9 Å². The molecule has 1 heterocycles. The first kappa shape index (κ1) is 18.0. The Bertz CT molecular complexity index is 960. The standard InChI is InChI=1S/C21H23NO4S/c1-26-20(23)17-10-8-16(9-11-17)14-27(24,25)22-15-21(12-4-5-13-21)18-6-2-3-7-19(18)22/h2-3,6-11H,4-5,12-15H2,1H3. The number of methoxy groups -OCH3 is 1. The SMILES string of the molecule is COC(=O)c1ccc(CS(=O)(=O)N2CC3(CCCC3)c3ccccc32)cc1. The number of sulfonamides is 1. The number of carbonyl (C=O) groups is 1. The fourth-order valence-electron chi connectivity index (χ4n) is 4.46. The van der Waals surface area contributed by atoms with Gasteiger partial charge in [-0.25, -0.2) is 13.2 Å². The van der Waals surface area contributed by atoms with Gasteiger partial charge in [0.1, 0.15) is 0 Å². The Balaban J connectivity index is 1.62.